The van der Waals surface area contributed by atoms with Crippen molar-refractivity contribution < 1.29 is 18.7 Å². The SMILES string of the molecule is CC(C)(C)OC(=O)NCC1CCC1CN1CCC(C(=O)c2ccc(F)cc2)CC1. The molecule has 160 valence electrons. The fourth-order valence-electron chi connectivity index (χ4n) is 4.23. The van der Waals surface area contributed by atoms with Crippen molar-refractivity contribution in [2.45, 2.75) is 52.1 Å². The number of hydrogen-bond acceptors (Lipinski definition) is 4. The smallest absolute Gasteiger partial charge is 0.407 e. The van der Waals surface area contributed by atoms with E-state index in [0.29, 0.717) is 23.9 Å². The molecule has 29 heavy (non-hydrogen) atoms. The summed E-state index contributed by atoms with van der Waals surface area (Å²) < 4.78 is 18.4. The number of rotatable bonds is 6. The van der Waals surface area contributed by atoms with Crippen LogP contribution in [0.5, 0.6) is 0 Å². The largest absolute Gasteiger partial charge is 0.444 e. The third-order valence-electron chi connectivity index (χ3n) is 6.06. The Kier molecular flexibility index (Phi) is 6.93. The number of carbonyl (C=O) groups is 2. The van der Waals surface area contributed by atoms with Crippen LogP contribution in [0.4, 0.5) is 9.18 Å². The summed E-state index contributed by atoms with van der Waals surface area (Å²) >= 11 is 0. The third kappa shape index (κ3) is 6.26. The Morgan fingerprint density at radius 2 is 1.69 bits per heavy atom. The molecule has 6 heteroatoms. The molecule has 2 aliphatic rings. The van der Waals surface area contributed by atoms with E-state index in [1.807, 2.05) is 20.8 Å². The van der Waals surface area contributed by atoms with Crippen molar-refractivity contribution in [1.82, 2.24) is 10.2 Å². The van der Waals surface area contributed by atoms with Crippen LogP contribution in [0.15, 0.2) is 24.3 Å². The van der Waals surface area contributed by atoms with Gasteiger partial charge in [0, 0.05) is 24.6 Å². The number of halogens is 1. The molecule has 5 nitrogen and oxygen atoms in total. The summed E-state index contributed by atoms with van der Waals surface area (Å²) in [7, 11) is 0. The van der Waals surface area contributed by atoms with Crippen molar-refractivity contribution in [2.75, 3.05) is 26.2 Å². The molecule has 2 fully saturated rings. The van der Waals surface area contributed by atoms with E-state index >= 15 is 0 Å². The van der Waals surface area contributed by atoms with Gasteiger partial charge >= 0.3 is 6.09 Å². The van der Waals surface area contributed by atoms with E-state index in [9.17, 15) is 14.0 Å². The number of benzene rings is 1. The number of hydrogen-bond donors (Lipinski definition) is 1. The zero-order valence-corrected chi connectivity index (χ0v) is 17.7. The first-order valence-corrected chi connectivity index (χ1v) is 10.7. The minimum absolute atomic E-state index is 0.0303. The van der Waals surface area contributed by atoms with Gasteiger partial charge in [-0.05, 0) is 95.6 Å². The number of piperidine rings is 1. The maximum Gasteiger partial charge on any atom is 0.407 e. The number of ether oxygens (including phenoxy) is 1. The number of ketones is 1. The van der Waals surface area contributed by atoms with Gasteiger partial charge in [0.1, 0.15) is 11.4 Å². The first-order valence-electron chi connectivity index (χ1n) is 10.7. The second-order valence-corrected chi connectivity index (χ2v) is 9.43. The van der Waals surface area contributed by atoms with Gasteiger partial charge in [-0.25, -0.2) is 9.18 Å². The second-order valence-electron chi connectivity index (χ2n) is 9.43. The van der Waals surface area contributed by atoms with Crippen molar-refractivity contribution in [1.29, 1.82) is 0 Å². The van der Waals surface area contributed by atoms with E-state index in [2.05, 4.69) is 10.2 Å². The average molecular weight is 405 g/mol. The average Bonchev–Trinajstić information content (AvgIpc) is 2.64. The number of likely N-dealkylation sites (tertiary alicyclic amines) is 1. The molecule has 1 aromatic rings. The molecule has 0 spiro atoms. The number of nitrogens with one attached hydrogen (secondary N) is 1. The Hall–Kier alpha value is -1.95. The summed E-state index contributed by atoms with van der Waals surface area (Å²) in [6, 6.07) is 5.87. The van der Waals surface area contributed by atoms with Crippen molar-refractivity contribution in [3.63, 3.8) is 0 Å². The van der Waals surface area contributed by atoms with Gasteiger partial charge < -0.3 is 15.0 Å². The fourth-order valence-corrected chi connectivity index (χ4v) is 4.23. The maximum atomic E-state index is 13.1. The highest BCUT2D eigenvalue weighted by atomic mass is 19.1. The van der Waals surface area contributed by atoms with E-state index in [0.717, 1.165) is 38.9 Å². The van der Waals surface area contributed by atoms with Crippen LogP contribution in [0, 0.1) is 23.6 Å². The highest BCUT2D eigenvalue weighted by molar-refractivity contribution is 5.97. The van der Waals surface area contributed by atoms with Gasteiger partial charge in [-0.15, -0.1) is 0 Å². The molecule has 2 atom stereocenters. The highest BCUT2D eigenvalue weighted by Gasteiger charge is 2.34. The lowest BCUT2D eigenvalue weighted by molar-refractivity contribution is 0.0457. The Morgan fingerprint density at radius 1 is 1.07 bits per heavy atom. The molecule has 0 radical (unpaired) electrons. The molecule has 1 amide bonds. The first-order chi connectivity index (χ1) is 13.7. The zero-order chi connectivity index (χ0) is 21.0. The molecule has 1 aliphatic heterocycles. The lowest BCUT2D eigenvalue weighted by atomic mass is 9.73. The Bertz CT molecular complexity index is 706. The number of amides is 1. The van der Waals surface area contributed by atoms with Gasteiger partial charge in [0.25, 0.3) is 0 Å². The normalized spacial score (nSPS) is 23.3. The highest BCUT2D eigenvalue weighted by Crippen LogP contribution is 2.35. The Labute approximate surface area is 173 Å². The predicted molar refractivity (Wildman–Crippen MR) is 110 cm³/mol. The molecule has 0 aromatic heterocycles. The number of alkyl carbamates (subject to hydrolysis) is 1. The van der Waals surface area contributed by atoms with Crippen LogP contribution in [-0.4, -0.2) is 48.6 Å². The molecular weight excluding hydrogens is 371 g/mol. The summed E-state index contributed by atoms with van der Waals surface area (Å²) in [5.74, 6) is 0.943. The summed E-state index contributed by atoms with van der Waals surface area (Å²) in [5, 5.41) is 2.90. The monoisotopic (exact) mass is 404 g/mol. The molecule has 0 bridgehead atoms. The van der Waals surface area contributed by atoms with Crippen molar-refractivity contribution >= 4 is 11.9 Å². The molecular formula is C23H33FN2O3. The minimum atomic E-state index is -0.473. The zero-order valence-electron chi connectivity index (χ0n) is 17.7. The van der Waals surface area contributed by atoms with Crippen LogP contribution in [0.3, 0.4) is 0 Å². The quantitative estimate of drug-likeness (QED) is 0.720. The molecule has 3 rings (SSSR count). The van der Waals surface area contributed by atoms with E-state index in [1.54, 1.807) is 12.1 Å². The van der Waals surface area contributed by atoms with E-state index in [1.165, 1.54) is 18.6 Å². The molecule has 1 N–H and O–H groups in total. The van der Waals surface area contributed by atoms with Crippen LogP contribution in [0.2, 0.25) is 0 Å². The topological polar surface area (TPSA) is 58.6 Å². The number of Topliss-reactive ketones (excluding diaryl/α,β-unsaturated/α-hetero) is 1. The molecule has 1 heterocycles. The van der Waals surface area contributed by atoms with Crippen LogP contribution < -0.4 is 5.32 Å². The lowest BCUT2D eigenvalue weighted by Gasteiger charge is -2.42. The fraction of sp³-hybridized carbons (Fsp3) is 0.652. The molecule has 1 aliphatic carbocycles. The molecule has 1 saturated heterocycles. The first kappa shape index (κ1) is 21.8. The van der Waals surface area contributed by atoms with E-state index in [-0.39, 0.29) is 23.6 Å². The summed E-state index contributed by atoms with van der Waals surface area (Å²) in [4.78, 5) is 26.9. The third-order valence-corrected chi connectivity index (χ3v) is 6.06. The number of carbonyl (C=O) groups excluding carboxylic acids is 2. The number of nitrogens with zero attached hydrogens (tertiary/aromatic N) is 1. The van der Waals surface area contributed by atoms with Gasteiger partial charge in [-0.2, -0.15) is 0 Å². The van der Waals surface area contributed by atoms with Gasteiger partial charge in [-0.1, -0.05) is 0 Å². The predicted octanol–water partition coefficient (Wildman–Crippen LogP) is 4.27. The summed E-state index contributed by atoms with van der Waals surface area (Å²) in [5.41, 5.74) is 0.135. The van der Waals surface area contributed by atoms with E-state index < -0.39 is 5.60 Å². The summed E-state index contributed by atoms with van der Waals surface area (Å²) in [6.45, 7) is 9.12. The van der Waals surface area contributed by atoms with Crippen LogP contribution >= 0.6 is 0 Å². The standard InChI is InChI=1S/C23H33FN2O3/c1-23(2,3)29-22(28)25-14-18-4-5-19(18)15-26-12-10-17(11-13-26)21(27)16-6-8-20(24)9-7-16/h6-9,17-19H,4-5,10-15H2,1-3H3,(H,25,28). The van der Waals surface area contributed by atoms with E-state index in [4.69, 9.17) is 4.74 Å². The van der Waals surface area contributed by atoms with Gasteiger partial charge in [-0.3, -0.25) is 4.79 Å². The van der Waals surface area contributed by atoms with Gasteiger partial charge in [0.2, 0.25) is 0 Å². The van der Waals surface area contributed by atoms with Gasteiger partial charge in [0.15, 0.2) is 5.78 Å². The lowest BCUT2D eigenvalue weighted by Crippen LogP contribution is -2.46. The van der Waals surface area contributed by atoms with Gasteiger partial charge in [0.05, 0.1) is 0 Å². The molecule has 2 unspecified atom stereocenters. The minimum Gasteiger partial charge on any atom is -0.444 e. The van der Waals surface area contributed by atoms with Crippen molar-refractivity contribution in [3.8, 4) is 0 Å². The van der Waals surface area contributed by atoms with Crippen LogP contribution in [0.1, 0.15) is 56.8 Å². The molecule has 1 saturated carbocycles. The maximum absolute atomic E-state index is 13.1. The Balaban J connectivity index is 1.39. The molecule has 1 aromatic carbocycles. The van der Waals surface area contributed by atoms with Crippen LogP contribution in [0.25, 0.3) is 0 Å². The van der Waals surface area contributed by atoms with Crippen molar-refractivity contribution in [3.05, 3.63) is 35.6 Å². The second kappa shape index (κ2) is 9.24. The Morgan fingerprint density at radius 3 is 2.24 bits per heavy atom. The summed E-state index contributed by atoms with van der Waals surface area (Å²) in [6.07, 6.45) is 3.69. The van der Waals surface area contributed by atoms with Crippen molar-refractivity contribution in [2.24, 2.45) is 17.8 Å². The van der Waals surface area contributed by atoms with Crippen LogP contribution in [-0.2, 0) is 4.74 Å².